The van der Waals surface area contributed by atoms with E-state index in [2.05, 4.69) is 17.4 Å². The Hall–Kier alpha value is -2.27. The maximum Gasteiger partial charge on any atom is 0.242 e. The van der Waals surface area contributed by atoms with Crippen molar-refractivity contribution in [3.05, 3.63) is 71.3 Å². The molecule has 5 heteroatoms. The van der Waals surface area contributed by atoms with E-state index in [-0.39, 0.29) is 11.8 Å². The van der Waals surface area contributed by atoms with Gasteiger partial charge in [0.25, 0.3) is 0 Å². The van der Waals surface area contributed by atoms with Crippen molar-refractivity contribution >= 4 is 23.6 Å². The second kappa shape index (κ2) is 13.1. The molecule has 0 radical (unpaired) electrons. The topological polar surface area (TPSA) is 49.4 Å². The molecular weight excluding hydrogens is 392 g/mol. The van der Waals surface area contributed by atoms with Crippen molar-refractivity contribution in [3.8, 4) is 0 Å². The minimum Gasteiger partial charge on any atom is -0.354 e. The van der Waals surface area contributed by atoms with E-state index in [4.69, 9.17) is 0 Å². The molecule has 0 unspecified atom stereocenters. The van der Waals surface area contributed by atoms with Crippen molar-refractivity contribution in [2.45, 2.75) is 58.4 Å². The lowest BCUT2D eigenvalue weighted by atomic mass is 10.1. The van der Waals surface area contributed by atoms with Gasteiger partial charge in [0.05, 0.1) is 0 Å². The number of amides is 2. The van der Waals surface area contributed by atoms with Gasteiger partial charge in [0.2, 0.25) is 11.8 Å². The Labute approximate surface area is 185 Å². The first-order valence-corrected chi connectivity index (χ1v) is 12.0. The molecule has 0 saturated carbocycles. The predicted octanol–water partition coefficient (Wildman–Crippen LogP) is 4.95. The molecule has 1 atom stereocenters. The molecular formula is C25H34N2O2S. The molecule has 0 bridgehead atoms. The molecule has 30 heavy (non-hydrogen) atoms. The Morgan fingerprint density at radius 1 is 1.03 bits per heavy atom. The third kappa shape index (κ3) is 7.52. The number of carbonyl (C=O) groups excluding carboxylic acids is 2. The molecule has 1 N–H and O–H groups in total. The van der Waals surface area contributed by atoms with Gasteiger partial charge in [-0.3, -0.25) is 9.59 Å². The van der Waals surface area contributed by atoms with Gasteiger partial charge in [0.1, 0.15) is 6.04 Å². The van der Waals surface area contributed by atoms with Crippen LogP contribution < -0.4 is 5.32 Å². The molecule has 2 aromatic rings. The summed E-state index contributed by atoms with van der Waals surface area (Å²) in [6, 6.07) is 17.9. The molecule has 0 heterocycles. The van der Waals surface area contributed by atoms with E-state index >= 15 is 0 Å². The van der Waals surface area contributed by atoms with Crippen molar-refractivity contribution in [1.82, 2.24) is 10.2 Å². The summed E-state index contributed by atoms with van der Waals surface area (Å²) in [5.41, 5.74) is 3.49. The van der Waals surface area contributed by atoms with E-state index < -0.39 is 6.04 Å². The number of benzene rings is 2. The fourth-order valence-corrected chi connectivity index (χ4v) is 4.22. The number of hydrogen-bond donors (Lipinski definition) is 1. The Kier molecular flexibility index (Phi) is 10.5. The van der Waals surface area contributed by atoms with Crippen LogP contribution in [-0.2, 0) is 21.9 Å². The number of thioether (sulfide) groups is 1. The Bertz CT molecular complexity index is 795. The van der Waals surface area contributed by atoms with Gasteiger partial charge in [-0.2, -0.15) is 11.8 Å². The first kappa shape index (κ1) is 24.0. The summed E-state index contributed by atoms with van der Waals surface area (Å²) in [4.78, 5) is 27.7. The van der Waals surface area contributed by atoms with E-state index in [1.54, 1.807) is 16.7 Å². The number of aryl methyl sites for hydroxylation is 1. The van der Waals surface area contributed by atoms with Gasteiger partial charge < -0.3 is 10.2 Å². The van der Waals surface area contributed by atoms with Crippen molar-refractivity contribution in [3.63, 3.8) is 0 Å². The first-order chi connectivity index (χ1) is 14.6. The molecule has 2 amide bonds. The van der Waals surface area contributed by atoms with Crippen LogP contribution in [0.4, 0.5) is 0 Å². The van der Waals surface area contributed by atoms with Crippen LogP contribution in [0, 0.1) is 6.92 Å². The molecule has 2 rings (SSSR count). The monoisotopic (exact) mass is 426 g/mol. The summed E-state index contributed by atoms with van der Waals surface area (Å²) in [5, 5.41) is 2.97. The van der Waals surface area contributed by atoms with Crippen molar-refractivity contribution in [1.29, 1.82) is 0 Å². The van der Waals surface area contributed by atoms with Crippen LogP contribution in [-0.4, -0.2) is 35.1 Å². The SMILES string of the molecule is CCCNC(=O)[C@H](CC)N(Cc1ccccc1C)C(=O)CCSCc1ccccc1. The lowest BCUT2D eigenvalue weighted by molar-refractivity contribution is -0.141. The predicted molar refractivity (Wildman–Crippen MR) is 126 cm³/mol. The van der Waals surface area contributed by atoms with Crippen LogP contribution in [0.15, 0.2) is 54.6 Å². The minimum atomic E-state index is -0.442. The average molecular weight is 427 g/mol. The Morgan fingerprint density at radius 3 is 2.40 bits per heavy atom. The van der Waals surface area contributed by atoms with Crippen LogP contribution in [0.3, 0.4) is 0 Å². The zero-order valence-corrected chi connectivity index (χ0v) is 19.2. The fourth-order valence-electron chi connectivity index (χ4n) is 3.32. The van der Waals surface area contributed by atoms with E-state index in [1.165, 1.54) is 5.56 Å². The van der Waals surface area contributed by atoms with E-state index in [0.29, 0.717) is 25.9 Å². The molecule has 0 aliphatic carbocycles. The van der Waals surface area contributed by atoms with Crippen LogP contribution in [0.5, 0.6) is 0 Å². The molecule has 4 nitrogen and oxygen atoms in total. The molecule has 0 aliphatic rings. The lowest BCUT2D eigenvalue weighted by Crippen LogP contribution is -2.49. The molecule has 2 aromatic carbocycles. The third-order valence-corrected chi connectivity index (χ3v) is 6.14. The Balaban J connectivity index is 2.05. The zero-order valence-electron chi connectivity index (χ0n) is 18.4. The van der Waals surface area contributed by atoms with Gasteiger partial charge >= 0.3 is 0 Å². The van der Waals surface area contributed by atoms with E-state index in [0.717, 1.165) is 29.1 Å². The summed E-state index contributed by atoms with van der Waals surface area (Å²) < 4.78 is 0. The third-order valence-electron chi connectivity index (χ3n) is 5.11. The van der Waals surface area contributed by atoms with Gasteiger partial charge in [0.15, 0.2) is 0 Å². The Morgan fingerprint density at radius 2 is 1.73 bits per heavy atom. The van der Waals surface area contributed by atoms with Gasteiger partial charge in [-0.05, 0) is 36.5 Å². The standard InChI is InChI=1S/C25H34N2O2S/c1-4-16-26-25(29)23(5-2)27(18-22-14-10-9-11-20(22)3)24(28)15-17-30-19-21-12-7-6-8-13-21/h6-14,23H,4-5,15-19H2,1-3H3,(H,26,29)/t23-/m0/s1. The largest absolute Gasteiger partial charge is 0.354 e. The zero-order chi connectivity index (χ0) is 21.8. The molecule has 0 aromatic heterocycles. The quantitative estimate of drug-likeness (QED) is 0.489. The summed E-state index contributed by atoms with van der Waals surface area (Å²) in [7, 11) is 0. The van der Waals surface area contributed by atoms with Crippen molar-refractivity contribution < 1.29 is 9.59 Å². The van der Waals surface area contributed by atoms with Crippen LogP contribution >= 0.6 is 11.8 Å². The summed E-state index contributed by atoms with van der Waals surface area (Å²) in [6.07, 6.45) is 1.91. The summed E-state index contributed by atoms with van der Waals surface area (Å²) >= 11 is 1.76. The summed E-state index contributed by atoms with van der Waals surface area (Å²) in [5.74, 6) is 1.61. The second-order valence-electron chi connectivity index (χ2n) is 7.45. The second-order valence-corrected chi connectivity index (χ2v) is 8.56. The molecule has 0 aliphatic heterocycles. The highest BCUT2D eigenvalue weighted by molar-refractivity contribution is 7.98. The lowest BCUT2D eigenvalue weighted by Gasteiger charge is -2.31. The van der Waals surface area contributed by atoms with Crippen molar-refractivity contribution in [2.24, 2.45) is 0 Å². The van der Waals surface area contributed by atoms with Gasteiger partial charge in [-0.25, -0.2) is 0 Å². The fraction of sp³-hybridized carbons (Fsp3) is 0.440. The van der Waals surface area contributed by atoms with Crippen molar-refractivity contribution in [2.75, 3.05) is 12.3 Å². The molecule has 162 valence electrons. The molecule has 0 spiro atoms. The van der Waals surface area contributed by atoms with Gasteiger partial charge in [-0.1, -0.05) is 68.4 Å². The highest BCUT2D eigenvalue weighted by Crippen LogP contribution is 2.18. The minimum absolute atomic E-state index is 0.0392. The number of hydrogen-bond acceptors (Lipinski definition) is 3. The maximum atomic E-state index is 13.2. The number of nitrogens with zero attached hydrogens (tertiary/aromatic N) is 1. The normalized spacial score (nSPS) is 11.7. The summed E-state index contributed by atoms with van der Waals surface area (Å²) in [6.45, 7) is 7.15. The average Bonchev–Trinajstić information content (AvgIpc) is 2.77. The van der Waals surface area contributed by atoms with E-state index in [9.17, 15) is 9.59 Å². The number of nitrogens with one attached hydrogen (secondary N) is 1. The first-order valence-electron chi connectivity index (χ1n) is 10.8. The van der Waals surface area contributed by atoms with Gasteiger partial charge in [0, 0.05) is 31.0 Å². The molecule has 0 fully saturated rings. The maximum absolute atomic E-state index is 13.2. The van der Waals surface area contributed by atoms with Crippen LogP contribution in [0.2, 0.25) is 0 Å². The highest BCUT2D eigenvalue weighted by atomic mass is 32.2. The number of carbonyl (C=O) groups is 2. The molecule has 0 saturated heterocycles. The van der Waals surface area contributed by atoms with Crippen LogP contribution in [0.1, 0.15) is 49.8 Å². The van der Waals surface area contributed by atoms with Crippen LogP contribution in [0.25, 0.3) is 0 Å². The smallest absolute Gasteiger partial charge is 0.242 e. The van der Waals surface area contributed by atoms with E-state index in [1.807, 2.05) is 63.2 Å². The van der Waals surface area contributed by atoms with Gasteiger partial charge in [-0.15, -0.1) is 0 Å². The highest BCUT2D eigenvalue weighted by Gasteiger charge is 2.28. The number of rotatable bonds is 12.